The third-order valence-electron chi connectivity index (χ3n) is 5.22. The Labute approximate surface area is 169 Å². The topological polar surface area (TPSA) is 82.6 Å². The number of amides is 3. The van der Waals surface area contributed by atoms with E-state index in [0.29, 0.717) is 29.9 Å². The van der Waals surface area contributed by atoms with Crippen molar-refractivity contribution in [1.82, 2.24) is 14.8 Å². The SMILES string of the molecule is Cc1cccc(-c2ccc(NC(=O)CN3CCCC4=C3C(=O)N(C)C4=O)cn2)c1. The number of hydrogen-bond acceptors (Lipinski definition) is 5. The van der Waals surface area contributed by atoms with Crippen LogP contribution in [0, 0.1) is 6.92 Å². The summed E-state index contributed by atoms with van der Waals surface area (Å²) in [5, 5.41) is 2.82. The predicted molar refractivity (Wildman–Crippen MR) is 109 cm³/mol. The minimum absolute atomic E-state index is 0.0192. The Bertz CT molecular complexity index is 1030. The fraction of sp³-hybridized carbons (Fsp3) is 0.273. The number of benzene rings is 1. The Hall–Kier alpha value is -3.48. The fourth-order valence-electron chi connectivity index (χ4n) is 3.77. The van der Waals surface area contributed by atoms with Crippen molar-refractivity contribution in [1.29, 1.82) is 0 Å². The standard InChI is InChI=1S/C22H22N4O3/c1-14-5-3-6-15(11-14)18-9-8-16(12-23-18)24-19(27)13-26-10-4-7-17-20(26)22(29)25(2)21(17)28/h3,5-6,8-9,11-12H,4,7,10,13H2,1-2H3,(H,24,27). The number of carbonyl (C=O) groups is 3. The molecule has 4 rings (SSSR count). The molecule has 3 heterocycles. The molecule has 0 aliphatic carbocycles. The summed E-state index contributed by atoms with van der Waals surface area (Å²) in [7, 11) is 1.47. The average Bonchev–Trinajstić information content (AvgIpc) is 2.93. The van der Waals surface area contributed by atoms with Crippen LogP contribution in [0.3, 0.4) is 0 Å². The third kappa shape index (κ3) is 3.63. The average molecular weight is 390 g/mol. The van der Waals surface area contributed by atoms with Gasteiger partial charge in [-0.1, -0.05) is 23.8 Å². The Morgan fingerprint density at radius 1 is 1.17 bits per heavy atom. The van der Waals surface area contributed by atoms with Gasteiger partial charge in [0.25, 0.3) is 11.8 Å². The van der Waals surface area contributed by atoms with Crippen LogP contribution >= 0.6 is 0 Å². The molecule has 0 radical (unpaired) electrons. The summed E-state index contributed by atoms with van der Waals surface area (Å²) in [5.74, 6) is -0.841. The Morgan fingerprint density at radius 3 is 2.72 bits per heavy atom. The molecular formula is C22H22N4O3. The van der Waals surface area contributed by atoms with E-state index in [2.05, 4.69) is 16.4 Å². The molecule has 3 amide bonds. The van der Waals surface area contributed by atoms with Crippen LogP contribution in [-0.2, 0) is 14.4 Å². The van der Waals surface area contributed by atoms with Gasteiger partial charge in [-0.2, -0.15) is 0 Å². The number of imide groups is 1. The molecule has 2 aromatic rings. The molecule has 7 nitrogen and oxygen atoms in total. The van der Waals surface area contributed by atoms with Crippen LogP contribution in [0.4, 0.5) is 5.69 Å². The smallest absolute Gasteiger partial charge is 0.277 e. The lowest BCUT2D eigenvalue weighted by Gasteiger charge is -2.28. The molecule has 29 heavy (non-hydrogen) atoms. The van der Waals surface area contributed by atoms with E-state index in [1.807, 2.05) is 37.3 Å². The van der Waals surface area contributed by atoms with Crippen molar-refractivity contribution >= 4 is 23.4 Å². The highest BCUT2D eigenvalue weighted by atomic mass is 16.2. The lowest BCUT2D eigenvalue weighted by molar-refractivity contribution is -0.136. The van der Waals surface area contributed by atoms with E-state index in [-0.39, 0.29) is 24.3 Å². The number of aromatic nitrogens is 1. The van der Waals surface area contributed by atoms with E-state index in [9.17, 15) is 14.4 Å². The van der Waals surface area contributed by atoms with Gasteiger partial charge in [-0.25, -0.2) is 0 Å². The number of anilines is 1. The van der Waals surface area contributed by atoms with E-state index >= 15 is 0 Å². The summed E-state index contributed by atoms with van der Waals surface area (Å²) < 4.78 is 0. The molecular weight excluding hydrogens is 368 g/mol. The maximum Gasteiger partial charge on any atom is 0.277 e. The fourth-order valence-corrected chi connectivity index (χ4v) is 3.77. The van der Waals surface area contributed by atoms with Crippen molar-refractivity contribution in [2.45, 2.75) is 19.8 Å². The molecule has 0 atom stereocenters. The first-order chi connectivity index (χ1) is 13.9. The third-order valence-corrected chi connectivity index (χ3v) is 5.22. The minimum atomic E-state index is -0.332. The molecule has 2 aliphatic rings. The van der Waals surface area contributed by atoms with E-state index in [0.717, 1.165) is 28.1 Å². The second-order valence-electron chi connectivity index (χ2n) is 7.37. The first-order valence-electron chi connectivity index (χ1n) is 9.57. The lowest BCUT2D eigenvalue weighted by Crippen LogP contribution is -2.38. The highest BCUT2D eigenvalue weighted by molar-refractivity contribution is 6.19. The zero-order valence-corrected chi connectivity index (χ0v) is 16.4. The summed E-state index contributed by atoms with van der Waals surface area (Å²) in [6.45, 7) is 2.62. The van der Waals surface area contributed by atoms with Gasteiger partial charge in [0.15, 0.2) is 0 Å². The molecule has 0 saturated heterocycles. The van der Waals surface area contributed by atoms with Gasteiger partial charge in [-0.15, -0.1) is 0 Å². The van der Waals surface area contributed by atoms with Gasteiger partial charge in [0.2, 0.25) is 5.91 Å². The number of carbonyl (C=O) groups excluding carboxylic acids is 3. The van der Waals surface area contributed by atoms with E-state index in [1.165, 1.54) is 7.05 Å². The van der Waals surface area contributed by atoms with Crippen molar-refractivity contribution in [3.8, 4) is 11.3 Å². The molecule has 0 bridgehead atoms. The second-order valence-corrected chi connectivity index (χ2v) is 7.37. The molecule has 1 N–H and O–H groups in total. The zero-order chi connectivity index (χ0) is 20.5. The van der Waals surface area contributed by atoms with Crippen LogP contribution in [0.25, 0.3) is 11.3 Å². The van der Waals surface area contributed by atoms with Crippen molar-refractivity contribution in [2.24, 2.45) is 0 Å². The Balaban J connectivity index is 1.44. The molecule has 1 aromatic carbocycles. The molecule has 2 aliphatic heterocycles. The molecule has 0 fully saturated rings. The number of pyridine rings is 1. The molecule has 1 aromatic heterocycles. The highest BCUT2D eigenvalue weighted by Crippen LogP contribution is 2.30. The molecule has 7 heteroatoms. The predicted octanol–water partition coefficient (Wildman–Crippen LogP) is 2.34. The molecule has 0 spiro atoms. The molecule has 0 unspecified atom stereocenters. The largest absolute Gasteiger partial charge is 0.357 e. The van der Waals surface area contributed by atoms with Crippen LogP contribution in [0.1, 0.15) is 18.4 Å². The van der Waals surface area contributed by atoms with Crippen molar-refractivity contribution in [3.63, 3.8) is 0 Å². The Morgan fingerprint density at radius 2 is 2.00 bits per heavy atom. The minimum Gasteiger partial charge on any atom is -0.357 e. The van der Waals surface area contributed by atoms with Crippen LogP contribution in [-0.4, -0.2) is 52.6 Å². The van der Waals surface area contributed by atoms with E-state index in [1.54, 1.807) is 11.1 Å². The number of hydrogen-bond donors (Lipinski definition) is 1. The number of aryl methyl sites for hydroxylation is 1. The highest BCUT2D eigenvalue weighted by Gasteiger charge is 2.40. The van der Waals surface area contributed by atoms with Gasteiger partial charge in [-0.05, 0) is 38.0 Å². The lowest BCUT2D eigenvalue weighted by atomic mass is 10.0. The summed E-state index contributed by atoms with van der Waals surface area (Å²) >= 11 is 0. The zero-order valence-electron chi connectivity index (χ0n) is 16.4. The van der Waals surface area contributed by atoms with Gasteiger partial charge in [-0.3, -0.25) is 24.3 Å². The summed E-state index contributed by atoms with van der Waals surface area (Å²) in [6.07, 6.45) is 2.94. The number of nitrogens with zero attached hydrogens (tertiary/aromatic N) is 3. The summed E-state index contributed by atoms with van der Waals surface area (Å²) in [6, 6.07) is 11.7. The van der Waals surface area contributed by atoms with Crippen LogP contribution < -0.4 is 5.32 Å². The van der Waals surface area contributed by atoms with Gasteiger partial charge < -0.3 is 10.2 Å². The van der Waals surface area contributed by atoms with Crippen molar-refractivity contribution in [2.75, 3.05) is 25.5 Å². The van der Waals surface area contributed by atoms with E-state index < -0.39 is 0 Å². The van der Waals surface area contributed by atoms with Crippen LogP contribution in [0.2, 0.25) is 0 Å². The first kappa shape index (κ1) is 18.9. The number of rotatable bonds is 4. The van der Waals surface area contributed by atoms with Crippen molar-refractivity contribution < 1.29 is 14.4 Å². The monoisotopic (exact) mass is 390 g/mol. The molecule has 0 saturated carbocycles. The normalized spacial score (nSPS) is 16.3. The summed E-state index contributed by atoms with van der Waals surface area (Å²) in [5.41, 5.74) is 4.47. The first-order valence-corrected chi connectivity index (χ1v) is 9.57. The van der Waals surface area contributed by atoms with Gasteiger partial charge >= 0.3 is 0 Å². The van der Waals surface area contributed by atoms with Crippen LogP contribution in [0.15, 0.2) is 53.9 Å². The Kier molecular flexibility index (Phi) is 4.88. The number of likely N-dealkylation sites (N-methyl/N-ethyl adjacent to an activating group) is 1. The van der Waals surface area contributed by atoms with E-state index in [4.69, 9.17) is 0 Å². The maximum absolute atomic E-state index is 12.5. The summed E-state index contributed by atoms with van der Waals surface area (Å²) in [4.78, 5) is 44.3. The van der Waals surface area contributed by atoms with Gasteiger partial charge in [0, 0.05) is 24.7 Å². The molecule has 148 valence electrons. The van der Waals surface area contributed by atoms with Crippen molar-refractivity contribution in [3.05, 3.63) is 59.4 Å². The van der Waals surface area contributed by atoms with Gasteiger partial charge in [0.1, 0.15) is 5.70 Å². The maximum atomic E-state index is 12.5. The van der Waals surface area contributed by atoms with Crippen LogP contribution in [0.5, 0.6) is 0 Å². The second kappa shape index (κ2) is 7.50. The number of nitrogens with one attached hydrogen (secondary N) is 1. The quantitative estimate of drug-likeness (QED) is 0.811. The van der Waals surface area contributed by atoms with Gasteiger partial charge in [0.05, 0.1) is 24.1 Å².